The topological polar surface area (TPSA) is 68.0 Å². The molecule has 0 atom stereocenters. The van der Waals surface area contributed by atoms with E-state index in [0.29, 0.717) is 17.3 Å². The zero-order valence-electron chi connectivity index (χ0n) is 12.1. The molecule has 1 heterocycles. The Balaban J connectivity index is 1.73. The Morgan fingerprint density at radius 1 is 1.24 bits per heavy atom. The average molecular weight is 283 g/mol. The van der Waals surface area contributed by atoms with Crippen LogP contribution < -0.4 is 11.1 Å². The normalized spacial score (nSPS) is 16.0. The van der Waals surface area contributed by atoms with Crippen LogP contribution in [0, 0.1) is 5.92 Å². The van der Waals surface area contributed by atoms with Crippen LogP contribution in [0.25, 0.3) is 10.9 Å². The third kappa shape index (κ3) is 3.15. The summed E-state index contributed by atoms with van der Waals surface area (Å²) in [4.78, 5) is 16.7. The van der Waals surface area contributed by atoms with E-state index < -0.39 is 0 Å². The highest BCUT2D eigenvalue weighted by molar-refractivity contribution is 6.00. The molecular formula is C17H21N3O. The zero-order chi connectivity index (χ0) is 14.7. The molecule has 110 valence electrons. The second-order valence-electron chi connectivity index (χ2n) is 5.83. The minimum atomic E-state index is -0.163. The molecule has 1 aliphatic carbocycles. The molecule has 0 saturated heterocycles. The van der Waals surface area contributed by atoms with E-state index >= 15 is 0 Å². The van der Waals surface area contributed by atoms with Crippen molar-refractivity contribution in [1.29, 1.82) is 0 Å². The first kappa shape index (κ1) is 13.9. The standard InChI is InChI=1S/C17H21N3O/c18-14-10-13-8-4-5-9-15(13)20-16(14)17(21)19-11-12-6-2-1-3-7-12/h4-5,8-10,12H,1-3,6-7,11,18H2,(H,19,21). The second kappa shape index (κ2) is 6.12. The number of aromatic nitrogens is 1. The summed E-state index contributed by atoms with van der Waals surface area (Å²) in [5, 5.41) is 3.95. The Morgan fingerprint density at radius 3 is 2.81 bits per heavy atom. The molecule has 0 bridgehead atoms. The first-order valence-electron chi connectivity index (χ1n) is 7.67. The summed E-state index contributed by atoms with van der Waals surface area (Å²) in [6.07, 6.45) is 6.29. The molecule has 2 aromatic rings. The number of pyridine rings is 1. The molecule has 0 spiro atoms. The van der Waals surface area contributed by atoms with Gasteiger partial charge in [-0.25, -0.2) is 4.98 Å². The van der Waals surface area contributed by atoms with Gasteiger partial charge in [-0.2, -0.15) is 0 Å². The summed E-state index contributed by atoms with van der Waals surface area (Å²) in [5.74, 6) is 0.438. The van der Waals surface area contributed by atoms with Crippen molar-refractivity contribution >= 4 is 22.5 Å². The molecule has 0 radical (unpaired) electrons. The maximum Gasteiger partial charge on any atom is 0.272 e. The molecule has 1 fully saturated rings. The Labute approximate surface area is 124 Å². The van der Waals surface area contributed by atoms with Gasteiger partial charge < -0.3 is 11.1 Å². The minimum absolute atomic E-state index is 0.163. The molecule has 1 saturated carbocycles. The maximum absolute atomic E-state index is 12.3. The van der Waals surface area contributed by atoms with Crippen LogP contribution >= 0.6 is 0 Å². The van der Waals surface area contributed by atoms with Crippen LogP contribution in [0.15, 0.2) is 30.3 Å². The van der Waals surface area contributed by atoms with Crippen molar-refractivity contribution in [2.75, 3.05) is 12.3 Å². The molecule has 1 amide bonds. The van der Waals surface area contributed by atoms with E-state index in [1.807, 2.05) is 30.3 Å². The molecule has 3 rings (SSSR count). The molecule has 21 heavy (non-hydrogen) atoms. The van der Waals surface area contributed by atoms with Gasteiger partial charge >= 0.3 is 0 Å². The van der Waals surface area contributed by atoms with Gasteiger partial charge in [0.2, 0.25) is 0 Å². The van der Waals surface area contributed by atoms with Crippen molar-refractivity contribution in [3.05, 3.63) is 36.0 Å². The molecule has 4 nitrogen and oxygen atoms in total. The largest absolute Gasteiger partial charge is 0.397 e. The Kier molecular flexibility index (Phi) is 4.04. The number of nitrogens with one attached hydrogen (secondary N) is 1. The first-order valence-corrected chi connectivity index (χ1v) is 7.67. The van der Waals surface area contributed by atoms with Crippen molar-refractivity contribution in [3.63, 3.8) is 0 Å². The van der Waals surface area contributed by atoms with Crippen LogP contribution in [0.5, 0.6) is 0 Å². The summed E-state index contributed by atoms with van der Waals surface area (Å²) in [7, 11) is 0. The van der Waals surface area contributed by atoms with Crippen LogP contribution in [0.3, 0.4) is 0 Å². The number of anilines is 1. The summed E-state index contributed by atoms with van der Waals surface area (Å²) in [6.45, 7) is 0.729. The van der Waals surface area contributed by atoms with Crippen molar-refractivity contribution in [1.82, 2.24) is 10.3 Å². The van der Waals surface area contributed by atoms with Gasteiger partial charge in [0.15, 0.2) is 5.69 Å². The zero-order valence-corrected chi connectivity index (χ0v) is 12.1. The fraction of sp³-hybridized carbons (Fsp3) is 0.412. The van der Waals surface area contributed by atoms with Crippen molar-refractivity contribution in [3.8, 4) is 0 Å². The van der Waals surface area contributed by atoms with Gasteiger partial charge in [-0.05, 0) is 30.9 Å². The number of amides is 1. The molecule has 1 aromatic heterocycles. The van der Waals surface area contributed by atoms with Crippen LogP contribution in [0.4, 0.5) is 5.69 Å². The van der Waals surface area contributed by atoms with E-state index in [1.54, 1.807) is 0 Å². The number of nitrogens with zero attached hydrogens (tertiary/aromatic N) is 1. The maximum atomic E-state index is 12.3. The molecule has 1 aliphatic rings. The fourth-order valence-corrected chi connectivity index (χ4v) is 3.03. The third-order valence-electron chi connectivity index (χ3n) is 4.24. The van der Waals surface area contributed by atoms with Crippen molar-refractivity contribution < 1.29 is 4.79 Å². The number of benzene rings is 1. The molecular weight excluding hydrogens is 262 g/mol. The predicted octanol–water partition coefficient (Wildman–Crippen LogP) is 3.13. The van der Waals surface area contributed by atoms with Gasteiger partial charge in [0.05, 0.1) is 11.2 Å². The fourth-order valence-electron chi connectivity index (χ4n) is 3.03. The van der Waals surface area contributed by atoms with Gasteiger partial charge in [0.1, 0.15) is 0 Å². The highest BCUT2D eigenvalue weighted by atomic mass is 16.1. The lowest BCUT2D eigenvalue weighted by Crippen LogP contribution is -2.31. The monoisotopic (exact) mass is 283 g/mol. The van der Waals surface area contributed by atoms with Crippen molar-refractivity contribution in [2.24, 2.45) is 5.92 Å². The van der Waals surface area contributed by atoms with E-state index in [2.05, 4.69) is 10.3 Å². The van der Waals surface area contributed by atoms with E-state index in [4.69, 9.17) is 5.73 Å². The number of carbonyl (C=O) groups excluding carboxylic acids is 1. The minimum Gasteiger partial charge on any atom is -0.397 e. The number of carbonyl (C=O) groups is 1. The van der Waals surface area contributed by atoms with Gasteiger partial charge in [-0.1, -0.05) is 37.5 Å². The molecule has 0 unspecified atom stereocenters. The van der Waals surface area contributed by atoms with E-state index in [-0.39, 0.29) is 5.91 Å². The lowest BCUT2D eigenvalue weighted by Gasteiger charge is -2.21. The highest BCUT2D eigenvalue weighted by Crippen LogP contribution is 2.23. The van der Waals surface area contributed by atoms with Crippen molar-refractivity contribution in [2.45, 2.75) is 32.1 Å². The van der Waals surface area contributed by atoms with Crippen LogP contribution in [-0.2, 0) is 0 Å². The molecule has 0 aliphatic heterocycles. The second-order valence-corrected chi connectivity index (χ2v) is 5.83. The third-order valence-corrected chi connectivity index (χ3v) is 4.24. The lowest BCUT2D eigenvalue weighted by molar-refractivity contribution is 0.0940. The smallest absolute Gasteiger partial charge is 0.272 e. The van der Waals surface area contributed by atoms with Gasteiger partial charge in [0, 0.05) is 11.9 Å². The Morgan fingerprint density at radius 2 is 2.00 bits per heavy atom. The van der Waals surface area contributed by atoms with Crippen LogP contribution in [-0.4, -0.2) is 17.4 Å². The van der Waals surface area contributed by atoms with Gasteiger partial charge in [0.25, 0.3) is 5.91 Å². The van der Waals surface area contributed by atoms with E-state index in [1.165, 1.54) is 32.1 Å². The number of para-hydroxylation sites is 1. The molecule has 4 heteroatoms. The lowest BCUT2D eigenvalue weighted by atomic mass is 9.89. The first-order chi connectivity index (χ1) is 10.2. The number of hydrogen-bond acceptors (Lipinski definition) is 3. The Hall–Kier alpha value is -2.10. The summed E-state index contributed by atoms with van der Waals surface area (Å²) >= 11 is 0. The highest BCUT2D eigenvalue weighted by Gasteiger charge is 2.17. The van der Waals surface area contributed by atoms with Gasteiger partial charge in [-0.15, -0.1) is 0 Å². The van der Waals surface area contributed by atoms with E-state index in [9.17, 15) is 4.79 Å². The molecule has 1 aromatic carbocycles. The summed E-state index contributed by atoms with van der Waals surface area (Å²) in [5.41, 5.74) is 7.55. The van der Waals surface area contributed by atoms with E-state index in [0.717, 1.165) is 17.4 Å². The number of nitrogens with two attached hydrogens (primary N) is 1. The SMILES string of the molecule is Nc1cc2ccccc2nc1C(=O)NCC1CCCCC1. The van der Waals surface area contributed by atoms with Crippen LogP contribution in [0.2, 0.25) is 0 Å². The van der Waals surface area contributed by atoms with Crippen LogP contribution in [0.1, 0.15) is 42.6 Å². The summed E-state index contributed by atoms with van der Waals surface area (Å²) in [6, 6.07) is 9.51. The number of rotatable bonds is 3. The van der Waals surface area contributed by atoms with Gasteiger partial charge in [-0.3, -0.25) is 4.79 Å². The Bertz CT molecular complexity index is 648. The molecule has 3 N–H and O–H groups in total. The predicted molar refractivity (Wildman–Crippen MR) is 85.1 cm³/mol. The average Bonchev–Trinajstić information content (AvgIpc) is 2.53. The number of hydrogen-bond donors (Lipinski definition) is 2. The number of fused-ring (bicyclic) bond motifs is 1. The number of nitrogen functional groups attached to an aromatic ring is 1. The quantitative estimate of drug-likeness (QED) is 0.909. The summed E-state index contributed by atoms with van der Waals surface area (Å²) < 4.78 is 0.